The lowest BCUT2D eigenvalue weighted by Crippen LogP contribution is -2.59. The van der Waals surface area contributed by atoms with Gasteiger partial charge in [0.15, 0.2) is 11.9 Å². The van der Waals surface area contributed by atoms with Gasteiger partial charge in [0, 0.05) is 44.4 Å². The second-order valence-electron chi connectivity index (χ2n) is 14.3. The molecule has 5 amide bonds. The molecule has 4 rings (SSSR count). The summed E-state index contributed by atoms with van der Waals surface area (Å²) in [6, 6.07) is 11.8. The van der Waals surface area contributed by atoms with Crippen LogP contribution in [-0.4, -0.2) is 117 Å². The molecule has 0 aliphatic carbocycles. The predicted octanol–water partition coefficient (Wildman–Crippen LogP) is -0.873. The van der Waals surface area contributed by atoms with Crippen LogP contribution in [0.4, 0.5) is 4.79 Å². The van der Waals surface area contributed by atoms with E-state index in [0.717, 1.165) is 5.56 Å². The quantitative estimate of drug-likeness (QED) is 0.0316. The van der Waals surface area contributed by atoms with E-state index in [9.17, 15) is 33.9 Å². The highest BCUT2D eigenvalue weighted by atomic mass is 16.5. The summed E-state index contributed by atoms with van der Waals surface area (Å²) in [5, 5.41) is 20.5. The Morgan fingerprint density at radius 2 is 1.36 bits per heavy atom. The van der Waals surface area contributed by atoms with Crippen LogP contribution in [0.1, 0.15) is 55.3 Å². The van der Waals surface area contributed by atoms with Crippen molar-refractivity contribution in [2.24, 2.45) is 32.9 Å². The van der Waals surface area contributed by atoms with Gasteiger partial charge in [-0.25, -0.2) is 14.6 Å². The molecule has 5 unspecified atom stereocenters. The molecule has 21 heteroatoms. The van der Waals surface area contributed by atoms with E-state index in [1.54, 1.807) is 54.6 Å². The number of hydrogen-bond donors (Lipinski definition) is 10. The Kier molecular flexibility index (Phi) is 18.3. The Hall–Kier alpha value is -7.19. The molecule has 1 aliphatic rings. The Morgan fingerprint density at radius 3 is 1.95 bits per heavy atom. The zero-order valence-electron chi connectivity index (χ0n) is 33.7. The van der Waals surface area contributed by atoms with Gasteiger partial charge in [-0.1, -0.05) is 60.7 Å². The first kappa shape index (κ1) is 46.5. The largest absolute Gasteiger partial charge is 0.480 e. The number of aromatic amines is 1. The first-order valence-corrected chi connectivity index (χ1v) is 19.8. The van der Waals surface area contributed by atoms with E-state index < -0.39 is 65.9 Å². The number of imidazole rings is 1. The van der Waals surface area contributed by atoms with E-state index in [0.29, 0.717) is 17.7 Å². The number of aliphatic imine (C=N–C) groups is 2. The number of guanidine groups is 2. The number of hydrogen-bond acceptors (Lipinski definition) is 10. The Bertz CT molecular complexity index is 1960. The zero-order valence-corrected chi connectivity index (χ0v) is 33.7. The number of likely N-dealkylation sites (tertiary alicyclic amines) is 1. The van der Waals surface area contributed by atoms with Crippen molar-refractivity contribution in [1.29, 1.82) is 0 Å². The molecular formula is C40H55N13O8. The molecule has 0 spiro atoms. The number of aromatic nitrogens is 2. The molecule has 5 atom stereocenters. The summed E-state index contributed by atoms with van der Waals surface area (Å²) in [5.41, 5.74) is 23.8. The lowest BCUT2D eigenvalue weighted by molar-refractivity contribution is -0.143. The highest BCUT2D eigenvalue weighted by molar-refractivity contribution is 5.96. The van der Waals surface area contributed by atoms with Gasteiger partial charge in [-0.15, -0.1) is 0 Å². The minimum absolute atomic E-state index is 0.0182. The van der Waals surface area contributed by atoms with E-state index >= 15 is 0 Å². The standard InChI is InChI=1S/C40H55N13O8/c41-38(42)46-17-7-14-28(52-40(60)61-23-26-12-5-2-6-13-26)33(54)49-29(15-8-18-47-39(43)44)36(57)53-19-9-16-32(53)35(56)50-30(20-25-10-3-1-4-11-25)34(55)51-31(37(58)59)21-27-22-45-24-48-27/h1-6,10-13,22,24,28-32H,7-9,14-21,23H2,(H,45,48)(H,49,54)(H,50,56)(H,51,55)(H,52,60)(H,58,59)(H4,41,42,46)(H4,43,44,47). The van der Waals surface area contributed by atoms with Gasteiger partial charge in [-0.3, -0.25) is 29.2 Å². The summed E-state index contributed by atoms with van der Waals surface area (Å²) in [6.07, 6.45) is 3.22. The lowest BCUT2D eigenvalue weighted by atomic mass is 10.0. The van der Waals surface area contributed by atoms with Gasteiger partial charge in [0.25, 0.3) is 0 Å². The normalized spacial score (nSPS) is 15.2. The molecule has 14 N–H and O–H groups in total. The summed E-state index contributed by atoms with van der Waals surface area (Å²) in [7, 11) is 0. The van der Waals surface area contributed by atoms with Gasteiger partial charge in [-0.05, 0) is 49.7 Å². The van der Waals surface area contributed by atoms with Gasteiger partial charge >= 0.3 is 12.1 Å². The average Bonchev–Trinajstić information content (AvgIpc) is 3.95. The number of nitrogens with two attached hydrogens (primary N) is 4. The molecule has 61 heavy (non-hydrogen) atoms. The number of H-pyrrole nitrogens is 1. The maximum absolute atomic E-state index is 14.4. The Balaban J connectivity index is 1.52. The van der Waals surface area contributed by atoms with Gasteiger partial charge < -0.3 is 63.9 Å². The molecule has 1 aliphatic heterocycles. The monoisotopic (exact) mass is 845 g/mol. The van der Waals surface area contributed by atoms with Gasteiger partial charge in [0.05, 0.1) is 6.33 Å². The van der Waals surface area contributed by atoms with Crippen LogP contribution in [0.5, 0.6) is 0 Å². The maximum Gasteiger partial charge on any atom is 0.408 e. The molecule has 3 aromatic rings. The Morgan fingerprint density at radius 1 is 0.770 bits per heavy atom. The fourth-order valence-electron chi connectivity index (χ4n) is 6.63. The summed E-state index contributed by atoms with van der Waals surface area (Å²) in [5.74, 6) is -4.27. The smallest absolute Gasteiger partial charge is 0.408 e. The van der Waals surface area contributed by atoms with Crippen molar-refractivity contribution < 1.29 is 38.6 Å². The number of nitrogens with zero attached hydrogens (tertiary/aromatic N) is 4. The number of aliphatic carboxylic acids is 1. The van der Waals surface area contributed by atoms with Crippen LogP contribution in [0.15, 0.2) is 83.2 Å². The van der Waals surface area contributed by atoms with E-state index in [4.69, 9.17) is 27.7 Å². The number of carbonyl (C=O) groups is 6. The first-order valence-electron chi connectivity index (χ1n) is 19.8. The molecule has 1 aromatic heterocycles. The van der Waals surface area contributed by atoms with Crippen LogP contribution in [0.25, 0.3) is 0 Å². The predicted molar refractivity (Wildman–Crippen MR) is 224 cm³/mol. The molecule has 21 nitrogen and oxygen atoms in total. The number of alkyl carbamates (subject to hydrolysis) is 1. The second kappa shape index (κ2) is 24.0. The van der Waals surface area contributed by atoms with Gasteiger partial charge in [0.1, 0.15) is 36.8 Å². The van der Waals surface area contributed by atoms with Crippen molar-refractivity contribution in [3.63, 3.8) is 0 Å². The number of rotatable bonds is 23. The second-order valence-corrected chi connectivity index (χ2v) is 14.3. The van der Waals surface area contributed by atoms with Crippen LogP contribution in [0, 0.1) is 0 Å². The third kappa shape index (κ3) is 15.8. The highest BCUT2D eigenvalue weighted by Crippen LogP contribution is 2.21. The van der Waals surface area contributed by atoms with E-state index in [1.807, 2.05) is 6.07 Å². The molecule has 0 bridgehead atoms. The molecule has 0 radical (unpaired) electrons. The number of ether oxygens (including phenoxy) is 1. The van der Waals surface area contributed by atoms with Crippen molar-refractivity contribution in [2.75, 3.05) is 19.6 Å². The van der Waals surface area contributed by atoms with E-state index in [1.165, 1.54) is 17.4 Å². The van der Waals surface area contributed by atoms with Crippen molar-refractivity contribution in [3.05, 3.63) is 90.0 Å². The summed E-state index contributed by atoms with van der Waals surface area (Å²) < 4.78 is 5.35. The minimum atomic E-state index is -1.34. The number of amides is 5. The number of nitrogens with one attached hydrogen (secondary N) is 5. The fourth-order valence-corrected chi connectivity index (χ4v) is 6.63. The number of benzene rings is 2. The van der Waals surface area contributed by atoms with Crippen molar-refractivity contribution in [2.45, 2.75) is 88.2 Å². The van der Waals surface area contributed by atoms with Crippen molar-refractivity contribution >= 4 is 47.6 Å². The number of carboxylic acid groups (broad SMARTS) is 1. The Labute approximate surface area is 352 Å². The van der Waals surface area contributed by atoms with Crippen molar-refractivity contribution in [1.82, 2.24) is 36.1 Å². The molecule has 1 saturated heterocycles. The summed E-state index contributed by atoms with van der Waals surface area (Å²) in [6.45, 7) is 0.386. The molecular weight excluding hydrogens is 791 g/mol. The molecule has 2 aromatic carbocycles. The van der Waals surface area contributed by atoms with Gasteiger partial charge in [0.2, 0.25) is 23.6 Å². The zero-order chi connectivity index (χ0) is 44.1. The van der Waals surface area contributed by atoms with Crippen molar-refractivity contribution in [3.8, 4) is 0 Å². The van der Waals surface area contributed by atoms with E-state index in [2.05, 4.69) is 41.2 Å². The molecule has 0 saturated carbocycles. The fraction of sp³-hybridized carbons (Fsp3) is 0.425. The van der Waals surface area contributed by atoms with Gasteiger partial charge in [-0.2, -0.15) is 0 Å². The highest BCUT2D eigenvalue weighted by Gasteiger charge is 2.40. The van der Waals surface area contributed by atoms with E-state index in [-0.39, 0.29) is 83.1 Å². The number of carbonyl (C=O) groups excluding carboxylic acids is 5. The third-order valence-corrected chi connectivity index (χ3v) is 9.67. The SMILES string of the molecule is NC(N)=NCCCC(NC(=O)OCc1ccccc1)C(=O)NC(CCCN=C(N)N)C(=O)N1CCCC1C(=O)NC(Cc1ccccc1)C(=O)NC(Cc1cnc[nH]1)C(=O)O. The van der Waals surface area contributed by atoms with Crippen LogP contribution in [0.2, 0.25) is 0 Å². The lowest BCUT2D eigenvalue weighted by Gasteiger charge is -2.31. The minimum Gasteiger partial charge on any atom is -0.480 e. The van der Waals surface area contributed by atoms with Crippen LogP contribution in [0.3, 0.4) is 0 Å². The average molecular weight is 846 g/mol. The number of carboxylic acids is 1. The maximum atomic E-state index is 14.4. The molecule has 1 fully saturated rings. The molecule has 2 heterocycles. The van der Waals surface area contributed by atoms with Crippen LogP contribution < -0.4 is 44.2 Å². The topological polar surface area (TPSA) is 341 Å². The summed E-state index contributed by atoms with van der Waals surface area (Å²) >= 11 is 0. The van der Waals surface area contributed by atoms with Crippen LogP contribution in [-0.2, 0) is 48.2 Å². The summed E-state index contributed by atoms with van der Waals surface area (Å²) in [4.78, 5) is 97.1. The molecule has 328 valence electrons. The first-order chi connectivity index (χ1) is 29.3. The van der Waals surface area contributed by atoms with Crippen LogP contribution >= 0.6 is 0 Å². The third-order valence-electron chi connectivity index (χ3n) is 9.67.